The molecule has 0 spiro atoms. The van der Waals surface area contributed by atoms with Gasteiger partial charge >= 0.3 is 0 Å². The molecule has 0 bridgehead atoms. The van der Waals surface area contributed by atoms with Crippen molar-refractivity contribution in [1.82, 2.24) is 4.98 Å². The van der Waals surface area contributed by atoms with E-state index in [1.165, 1.54) is 0 Å². The highest BCUT2D eigenvalue weighted by Gasteiger charge is 2.27. The van der Waals surface area contributed by atoms with Gasteiger partial charge in [0.05, 0.1) is 12.3 Å². The van der Waals surface area contributed by atoms with E-state index in [4.69, 9.17) is 15.2 Å². The Balaban J connectivity index is 2.07. The Morgan fingerprint density at radius 1 is 1.42 bits per heavy atom. The van der Waals surface area contributed by atoms with Crippen molar-refractivity contribution in [3.8, 4) is 5.88 Å². The van der Waals surface area contributed by atoms with Crippen LogP contribution in [0.15, 0.2) is 12.1 Å². The van der Waals surface area contributed by atoms with Gasteiger partial charge in [0, 0.05) is 18.8 Å². The number of rotatable bonds is 5. The Morgan fingerprint density at radius 3 is 2.84 bits per heavy atom. The van der Waals surface area contributed by atoms with Gasteiger partial charge in [-0.2, -0.15) is 4.98 Å². The molecule has 19 heavy (non-hydrogen) atoms. The van der Waals surface area contributed by atoms with E-state index in [9.17, 15) is 0 Å². The number of pyridine rings is 1. The third-order valence-electron chi connectivity index (χ3n) is 3.36. The lowest BCUT2D eigenvalue weighted by molar-refractivity contribution is 0.0657. The van der Waals surface area contributed by atoms with Gasteiger partial charge in [0.25, 0.3) is 0 Å². The second kappa shape index (κ2) is 6.10. The number of nitrogens with two attached hydrogens (primary N) is 1. The summed E-state index contributed by atoms with van der Waals surface area (Å²) in [5.41, 5.74) is 6.47. The first-order chi connectivity index (χ1) is 9.13. The maximum absolute atomic E-state index is 5.86. The van der Waals surface area contributed by atoms with Crippen LogP contribution in [0.2, 0.25) is 0 Å². The lowest BCUT2D eigenvalue weighted by atomic mass is 9.92. The minimum Gasteiger partial charge on any atom is -0.476 e. The molecule has 0 amide bonds. The first-order valence-corrected chi connectivity index (χ1v) is 6.88. The number of aromatic nitrogens is 1. The highest BCUT2D eigenvalue weighted by atomic mass is 16.5. The third-order valence-corrected chi connectivity index (χ3v) is 3.36. The summed E-state index contributed by atoms with van der Waals surface area (Å²) in [5, 5.41) is 3.47. The summed E-state index contributed by atoms with van der Waals surface area (Å²) in [5.74, 6) is 1.33. The van der Waals surface area contributed by atoms with Crippen molar-refractivity contribution in [3.05, 3.63) is 12.1 Å². The van der Waals surface area contributed by atoms with Crippen LogP contribution in [0.3, 0.4) is 0 Å². The summed E-state index contributed by atoms with van der Waals surface area (Å²) >= 11 is 0. The monoisotopic (exact) mass is 265 g/mol. The highest BCUT2D eigenvalue weighted by molar-refractivity contribution is 5.54. The summed E-state index contributed by atoms with van der Waals surface area (Å²) in [6.07, 6.45) is 2.89. The van der Waals surface area contributed by atoms with Gasteiger partial charge in [0.2, 0.25) is 5.88 Å². The quantitative estimate of drug-likeness (QED) is 0.855. The maximum Gasteiger partial charge on any atom is 0.239 e. The fourth-order valence-corrected chi connectivity index (χ4v) is 2.09. The molecule has 3 N–H and O–H groups in total. The molecule has 1 aliphatic heterocycles. The van der Waals surface area contributed by atoms with E-state index in [1.807, 2.05) is 12.1 Å². The molecule has 106 valence electrons. The first-order valence-electron chi connectivity index (χ1n) is 6.88. The molecule has 2 heterocycles. The van der Waals surface area contributed by atoms with Gasteiger partial charge in [0.15, 0.2) is 0 Å². The molecule has 0 atom stereocenters. The van der Waals surface area contributed by atoms with E-state index < -0.39 is 0 Å². The Hall–Kier alpha value is -1.49. The van der Waals surface area contributed by atoms with Crippen LogP contribution in [-0.2, 0) is 4.74 Å². The van der Waals surface area contributed by atoms with Gasteiger partial charge in [0.1, 0.15) is 5.82 Å². The van der Waals surface area contributed by atoms with Crippen LogP contribution >= 0.6 is 0 Å². The standard InChI is InChI=1S/C14H23N3O2/c1-3-8-19-13-11(15)4-5-12(16-13)17-14(2)6-9-18-10-7-14/h4-5H,3,6-10,15H2,1-2H3,(H,16,17). The minimum atomic E-state index is 0.0311. The second-order valence-corrected chi connectivity index (χ2v) is 5.24. The fraction of sp³-hybridized carbons (Fsp3) is 0.643. The predicted octanol–water partition coefficient (Wildman–Crippen LogP) is 2.43. The van der Waals surface area contributed by atoms with Gasteiger partial charge < -0.3 is 20.5 Å². The molecule has 0 aromatic carbocycles. The zero-order valence-corrected chi connectivity index (χ0v) is 11.7. The summed E-state index contributed by atoms with van der Waals surface area (Å²) in [4.78, 5) is 4.45. The molecule has 0 unspecified atom stereocenters. The van der Waals surface area contributed by atoms with Crippen molar-refractivity contribution in [2.24, 2.45) is 0 Å². The van der Waals surface area contributed by atoms with Crippen molar-refractivity contribution in [2.75, 3.05) is 30.9 Å². The molecule has 1 aliphatic rings. The molecule has 1 fully saturated rings. The van der Waals surface area contributed by atoms with Gasteiger partial charge in [-0.3, -0.25) is 0 Å². The second-order valence-electron chi connectivity index (χ2n) is 5.24. The summed E-state index contributed by atoms with van der Waals surface area (Å²) < 4.78 is 10.9. The molecule has 5 nitrogen and oxygen atoms in total. The normalized spacial score (nSPS) is 18.0. The molecule has 0 aliphatic carbocycles. The van der Waals surface area contributed by atoms with Gasteiger partial charge in [-0.15, -0.1) is 0 Å². The maximum atomic E-state index is 5.86. The van der Waals surface area contributed by atoms with Crippen molar-refractivity contribution in [3.63, 3.8) is 0 Å². The van der Waals surface area contributed by atoms with Gasteiger partial charge in [-0.05, 0) is 38.3 Å². The summed E-state index contributed by atoms with van der Waals surface area (Å²) in [6, 6.07) is 3.73. The Kier molecular flexibility index (Phi) is 4.47. The predicted molar refractivity (Wildman–Crippen MR) is 76.5 cm³/mol. The van der Waals surface area contributed by atoms with E-state index >= 15 is 0 Å². The first kappa shape index (κ1) is 13.9. The van der Waals surface area contributed by atoms with Crippen LogP contribution in [0, 0.1) is 0 Å². The van der Waals surface area contributed by atoms with Crippen LogP contribution in [0.5, 0.6) is 5.88 Å². The minimum absolute atomic E-state index is 0.0311. The van der Waals surface area contributed by atoms with Crippen molar-refractivity contribution in [2.45, 2.75) is 38.6 Å². The topological polar surface area (TPSA) is 69.4 Å². The molecule has 1 aromatic heterocycles. The molecular weight excluding hydrogens is 242 g/mol. The fourth-order valence-electron chi connectivity index (χ4n) is 2.09. The number of nitrogen functional groups attached to an aromatic ring is 1. The summed E-state index contributed by atoms with van der Waals surface area (Å²) in [7, 11) is 0. The zero-order valence-electron chi connectivity index (χ0n) is 11.7. The summed E-state index contributed by atoms with van der Waals surface area (Å²) in [6.45, 7) is 6.46. The SMILES string of the molecule is CCCOc1nc(NC2(C)CCOCC2)ccc1N. The van der Waals surface area contributed by atoms with Crippen LogP contribution < -0.4 is 15.8 Å². The average molecular weight is 265 g/mol. The molecule has 0 radical (unpaired) electrons. The third kappa shape index (κ3) is 3.73. The number of hydrogen-bond donors (Lipinski definition) is 2. The smallest absolute Gasteiger partial charge is 0.239 e. The molecule has 1 aromatic rings. The number of nitrogens with zero attached hydrogens (tertiary/aromatic N) is 1. The number of hydrogen-bond acceptors (Lipinski definition) is 5. The average Bonchev–Trinajstić information content (AvgIpc) is 2.40. The molecule has 2 rings (SSSR count). The van der Waals surface area contributed by atoms with E-state index in [1.54, 1.807) is 0 Å². The van der Waals surface area contributed by atoms with Crippen LogP contribution in [0.25, 0.3) is 0 Å². The van der Waals surface area contributed by atoms with Crippen LogP contribution in [-0.4, -0.2) is 30.3 Å². The lowest BCUT2D eigenvalue weighted by Gasteiger charge is -2.35. The Bertz CT molecular complexity index is 417. The number of anilines is 2. The molecule has 0 saturated carbocycles. The number of ether oxygens (including phenoxy) is 2. The zero-order chi connectivity index (χ0) is 13.7. The van der Waals surface area contributed by atoms with E-state index in [0.29, 0.717) is 18.2 Å². The van der Waals surface area contributed by atoms with Gasteiger partial charge in [-0.1, -0.05) is 6.92 Å². The van der Waals surface area contributed by atoms with Crippen molar-refractivity contribution in [1.29, 1.82) is 0 Å². The van der Waals surface area contributed by atoms with E-state index in [2.05, 4.69) is 24.1 Å². The Labute approximate surface area is 114 Å². The van der Waals surface area contributed by atoms with E-state index in [0.717, 1.165) is 38.3 Å². The van der Waals surface area contributed by atoms with Crippen LogP contribution in [0.1, 0.15) is 33.1 Å². The highest BCUT2D eigenvalue weighted by Crippen LogP contribution is 2.27. The van der Waals surface area contributed by atoms with Crippen molar-refractivity contribution < 1.29 is 9.47 Å². The van der Waals surface area contributed by atoms with Gasteiger partial charge in [-0.25, -0.2) is 0 Å². The van der Waals surface area contributed by atoms with E-state index in [-0.39, 0.29) is 5.54 Å². The van der Waals surface area contributed by atoms with Crippen molar-refractivity contribution >= 4 is 11.5 Å². The van der Waals surface area contributed by atoms with Crippen LogP contribution in [0.4, 0.5) is 11.5 Å². The Morgan fingerprint density at radius 2 is 2.16 bits per heavy atom. The molecule has 5 heteroatoms. The molecular formula is C14H23N3O2. The largest absolute Gasteiger partial charge is 0.476 e. The number of nitrogens with one attached hydrogen (secondary N) is 1. The molecule has 1 saturated heterocycles. The lowest BCUT2D eigenvalue weighted by Crippen LogP contribution is -2.40.